The van der Waals surface area contributed by atoms with Gasteiger partial charge in [-0.1, -0.05) is 0 Å². The number of ketones is 2. The molecule has 0 aromatic heterocycles. The van der Waals surface area contributed by atoms with Crippen LogP contribution in [-0.4, -0.2) is 16.5 Å². The maximum absolute atomic E-state index is 11.0. The van der Waals surface area contributed by atoms with Gasteiger partial charge in [0.15, 0.2) is 11.6 Å². The zero-order valence-electron chi connectivity index (χ0n) is 6.47. The number of nitrogens with zero attached hydrogens (tertiary/aromatic N) is 1. The first-order valence-corrected chi connectivity index (χ1v) is 3.39. The Morgan fingerprint density at radius 3 is 2.62 bits per heavy atom. The fourth-order valence-corrected chi connectivity index (χ4v) is 0.798. The molecule has 5 heteroatoms. The smallest absolute Gasteiger partial charge is 0.235 e. The summed E-state index contributed by atoms with van der Waals surface area (Å²) >= 11 is 0. The maximum atomic E-state index is 11.0. The summed E-state index contributed by atoms with van der Waals surface area (Å²) in [7, 11) is 0. The normalized spacial score (nSPS) is 16.5. The second-order valence-electron chi connectivity index (χ2n) is 2.30. The lowest BCUT2D eigenvalue weighted by Gasteiger charge is -1.98. The van der Waals surface area contributed by atoms with E-state index in [0.29, 0.717) is 6.20 Å². The first kappa shape index (κ1) is 9.05. The summed E-state index contributed by atoms with van der Waals surface area (Å²) in [5.74, 6) is -0.750. The lowest BCUT2D eigenvalue weighted by atomic mass is 10.0. The summed E-state index contributed by atoms with van der Waals surface area (Å²) in [6.07, 6.45) is 4.88. The van der Waals surface area contributed by atoms with Gasteiger partial charge >= 0.3 is 0 Å². The lowest BCUT2D eigenvalue weighted by molar-refractivity contribution is -0.402. The van der Waals surface area contributed by atoms with Gasteiger partial charge in [0.2, 0.25) is 6.20 Å². The van der Waals surface area contributed by atoms with Crippen LogP contribution in [0, 0.1) is 10.1 Å². The Morgan fingerprint density at radius 1 is 1.31 bits per heavy atom. The summed E-state index contributed by atoms with van der Waals surface area (Å²) in [5, 5.41) is 9.91. The molecule has 0 atom stereocenters. The molecule has 66 valence electrons. The van der Waals surface area contributed by atoms with Crippen LogP contribution in [0.5, 0.6) is 0 Å². The van der Waals surface area contributed by atoms with Gasteiger partial charge in [-0.05, 0) is 18.2 Å². The molecular weight excluding hydrogens is 174 g/mol. The van der Waals surface area contributed by atoms with Crippen molar-refractivity contribution in [3.8, 4) is 0 Å². The molecule has 0 saturated heterocycles. The molecule has 0 aliphatic heterocycles. The van der Waals surface area contributed by atoms with E-state index in [2.05, 4.69) is 0 Å². The molecule has 0 amide bonds. The van der Waals surface area contributed by atoms with Crippen molar-refractivity contribution in [1.29, 1.82) is 0 Å². The zero-order chi connectivity index (χ0) is 9.84. The fourth-order valence-electron chi connectivity index (χ4n) is 0.798. The maximum Gasteiger partial charge on any atom is 0.235 e. The third kappa shape index (κ3) is 2.48. The molecule has 1 aliphatic rings. The Morgan fingerprint density at radius 2 is 2.00 bits per heavy atom. The average Bonchev–Trinajstić information content (AvgIpc) is 2.06. The predicted octanol–water partition coefficient (Wildman–Crippen LogP) is 0.411. The van der Waals surface area contributed by atoms with Crippen LogP contribution in [0.3, 0.4) is 0 Å². The second-order valence-corrected chi connectivity index (χ2v) is 2.30. The highest BCUT2D eigenvalue weighted by molar-refractivity contribution is 6.18. The highest BCUT2D eigenvalue weighted by atomic mass is 16.6. The highest BCUT2D eigenvalue weighted by Gasteiger charge is 2.10. The van der Waals surface area contributed by atoms with Gasteiger partial charge in [-0.25, -0.2) is 0 Å². The van der Waals surface area contributed by atoms with Crippen LogP contribution >= 0.6 is 0 Å². The van der Waals surface area contributed by atoms with Gasteiger partial charge in [0.05, 0.1) is 4.92 Å². The van der Waals surface area contributed by atoms with Crippen LogP contribution in [0.4, 0.5) is 0 Å². The van der Waals surface area contributed by atoms with Crippen molar-refractivity contribution in [1.82, 2.24) is 0 Å². The van der Waals surface area contributed by atoms with Crippen LogP contribution in [0.1, 0.15) is 0 Å². The molecule has 1 rings (SSSR count). The fraction of sp³-hybridized carbons (Fsp3) is 0. The SMILES string of the molecule is O=C1C=CC(=O)C(/C=C/[N+](=O)[O-])=C1. The van der Waals surface area contributed by atoms with E-state index in [4.69, 9.17) is 0 Å². The highest BCUT2D eigenvalue weighted by Crippen LogP contribution is 2.06. The molecule has 5 nitrogen and oxygen atoms in total. The third-order valence-corrected chi connectivity index (χ3v) is 1.36. The Bertz CT molecular complexity index is 362. The Kier molecular flexibility index (Phi) is 2.49. The van der Waals surface area contributed by atoms with Gasteiger partial charge in [0.1, 0.15) is 0 Å². The number of carbonyl (C=O) groups is 2. The molecule has 0 unspecified atom stereocenters. The summed E-state index contributed by atoms with van der Waals surface area (Å²) in [6, 6.07) is 0. The molecule has 1 aliphatic carbocycles. The van der Waals surface area contributed by atoms with Crippen molar-refractivity contribution in [2.45, 2.75) is 0 Å². The van der Waals surface area contributed by atoms with E-state index in [-0.39, 0.29) is 11.4 Å². The quantitative estimate of drug-likeness (QED) is 0.349. The van der Waals surface area contributed by atoms with Crippen LogP contribution in [0.2, 0.25) is 0 Å². The van der Waals surface area contributed by atoms with E-state index in [9.17, 15) is 19.7 Å². The first-order valence-electron chi connectivity index (χ1n) is 3.39. The van der Waals surface area contributed by atoms with Crippen molar-refractivity contribution in [3.63, 3.8) is 0 Å². The molecule has 0 aromatic carbocycles. The van der Waals surface area contributed by atoms with Crippen molar-refractivity contribution in [2.24, 2.45) is 0 Å². The first-order chi connectivity index (χ1) is 6.09. The molecule has 0 aromatic rings. The molecule has 0 heterocycles. The van der Waals surface area contributed by atoms with Crippen molar-refractivity contribution >= 4 is 11.6 Å². The Balaban J connectivity index is 2.86. The summed E-state index contributed by atoms with van der Waals surface area (Å²) in [6.45, 7) is 0. The molecule has 0 spiro atoms. The van der Waals surface area contributed by atoms with Gasteiger partial charge in [0, 0.05) is 11.6 Å². The molecule has 0 bridgehead atoms. The lowest BCUT2D eigenvalue weighted by Crippen LogP contribution is -2.05. The van der Waals surface area contributed by atoms with Gasteiger partial charge in [0.25, 0.3) is 0 Å². The van der Waals surface area contributed by atoms with Crippen LogP contribution in [-0.2, 0) is 9.59 Å². The topological polar surface area (TPSA) is 77.3 Å². The van der Waals surface area contributed by atoms with Gasteiger partial charge in [-0.2, -0.15) is 0 Å². The predicted molar refractivity (Wildman–Crippen MR) is 43.4 cm³/mol. The van der Waals surface area contributed by atoms with Gasteiger partial charge in [-0.3, -0.25) is 19.7 Å². The average molecular weight is 179 g/mol. The number of hydrogen-bond donors (Lipinski definition) is 0. The van der Waals surface area contributed by atoms with Crippen LogP contribution < -0.4 is 0 Å². The standard InChI is InChI=1S/C8H5NO4/c10-7-1-2-8(11)6(5-7)3-4-9(12)13/h1-5H/b4-3+. The van der Waals surface area contributed by atoms with E-state index in [1.165, 1.54) is 0 Å². The third-order valence-electron chi connectivity index (χ3n) is 1.36. The van der Waals surface area contributed by atoms with Gasteiger partial charge in [-0.15, -0.1) is 0 Å². The van der Waals surface area contributed by atoms with Crippen LogP contribution in [0.15, 0.2) is 36.1 Å². The van der Waals surface area contributed by atoms with Crippen molar-refractivity contribution in [2.75, 3.05) is 0 Å². The molecule has 0 N–H and O–H groups in total. The number of rotatable bonds is 2. The summed E-state index contributed by atoms with van der Waals surface area (Å²) in [4.78, 5) is 30.9. The molecular formula is C8H5NO4. The number of allylic oxidation sites excluding steroid dienone is 5. The molecule has 0 fully saturated rings. The monoisotopic (exact) mass is 179 g/mol. The van der Waals surface area contributed by atoms with Gasteiger partial charge < -0.3 is 0 Å². The van der Waals surface area contributed by atoms with E-state index in [0.717, 1.165) is 24.3 Å². The minimum atomic E-state index is -0.698. The largest absolute Gasteiger partial charge is 0.290 e. The number of carbonyl (C=O) groups excluding carboxylic acids is 2. The van der Waals surface area contributed by atoms with Crippen LogP contribution in [0.25, 0.3) is 0 Å². The molecule has 0 radical (unpaired) electrons. The van der Waals surface area contributed by atoms with Crippen molar-refractivity contribution in [3.05, 3.63) is 46.2 Å². The van der Waals surface area contributed by atoms with Crippen molar-refractivity contribution < 1.29 is 14.5 Å². The number of hydrogen-bond acceptors (Lipinski definition) is 4. The minimum absolute atomic E-state index is 0.0317. The minimum Gasteiger partial charge on any atom is -0.290 e. The summed E-state index contributed by atoms with van der Waals surface area (Å²) in [5.41, 5.74) is 0.0317. The van der Waals surface area contributed by atoms with E-state index in [1.54, 1.807) is 0 Å². The Hall–Kier alpha value is -2.04. The molecule has 0 saturated carbocycles. The molecule has 13 heavy (non-hydrogen) atoms. The van der Waals surface area contributed by atoms with E-state index < -0.39 is 10.7 Å². The number of nitro groups is 1. The Labute approximate surface area is 73.2 Å². The zero-order valence-corrected chi connectivity index (χ0v) is 6.47. The summed E-state index contributed by atoms with van der Waals surface area (Å²) < 4.78 is 0. The van der Waals surface area contributed by atoms with E-state index >= 15 is 0 Å². The second kappa shape index (κ2) is 3.57. The van der Waals surface area contributed by atoms with E-state index in [1.807, 2.05) is 0 Å².